The quantitative estimate of drug-likeness (QED) is 0.596. The van der Waals surface area contributed by atoms with E-state index in [1.54, 1.807) is 10.9 Å². The minimum absolute atomic E-state index is 0.0500. The summed E-state index contributed by atoms with van der Waals surface area (Å²) in [7, 11) is -2.95. The Morgan fingerprint density at radius 2 is 2.06 bits per heavy atom. The summed E-state index contributed by atoms with van der Waals surface area (Å²) in [6.07, 6.45) is 1.85. The maximum atomic E-state index is 11.2. The van der Waals surface area contributed by atoms with Gasteiger partial charge in [-0.15, -0.1) is 0 Å². The Balaban J connectivity index is 1.67. The molecule has 2 aromatic heterocycles. The lowest BCUT2D eigenvalue weighted by atomic mass is 9.86. The van der Waals surface area contributed by atoms with Gasteiger partial charge in [0.2, 0.25) is 11.8 Å². The highest BCUT2D eigenvalue weighted by Gasteiger charge is 2.69. The molecule has 3 N–H and O–H groups in total. The number of imidazole rings is 1. The Bertz CT molecular complexity index is 1060. The van der Waals surface area contributed by atoms with Crippen LogP contribution in [0.3, 0.4) is 0 Å². The van der Waals surface area contributed by atoms with Crippen LogP contribution in [0.5, 0.6) is 5.88 Å². The van der Waals surface area contributed by atoms with Crippen LogP contribution in [0.1, 0.15) is 60.6 Å². The SMILES string of the molecule is CCOc1nc(N)nc2c1ncn2[C@@H]1O[C@]2(C[C@@H]2O[Si](O)(C(C)C)C(C)C)C[C@@]1(C)C#N. The van der Waals surface area contributed by atoms with Gasteiger partial charge in [-0.3, -0.25) is 4.57 Å². The molecule has 2 aromatic rings. The fraction of sp³-hybridized carbons (Fsp3) is 0.714. The van der Waals surface area contributed by atoms with Crippen LogP contribution in [0.4, 0.5) is 5.95 Å². The molecule has 1 saturated heterocycles. The number of hydrogen-bond acceptors (Lipinski definition) is 9. The normalized spacial score (nSPS) is 29.9. The van der Waals surface area contributed by atoms with Crippen molar-refractivity contribution in [3.8, 4) is 11.9 Å². The van der Waals surface area contributed by atoms with Gasteiger partial charge in [-0.05, 0) is 24.9 Å². The Morgan fingerprint density at radius 3 is 2.66 bits per heavy atom. The highest BCUT2D eigenvalue weighted by atomic mass is 28.4. The number of ether oxygens (including phenoxy) is 2. The number of aromatic nitrogens is 4. The van der Waals surface area contributed by atoms with Crippen LogP contribution in [0, 0.1) is 16.7 Å². The topological polar surface area (TPSA) is 141 Å². The van der Waals surface area contributed by atoms with Gasteiger partial charge in [0.15, 0.2) is 17.4 Å². The third kappa shape index (κ3) is 3.46. The van der Waals surface area contributed by atoms with Crippen LogP contribution >= 0.6 is 0 Å². The standard InChI is InChI=1S/C21H32N6O4Si/c1-7-29-17-15-16(25-19(23)26-17)27(11-24-15)18-20(6,10-22)9-21(30-18)8-14(21)31-32(28,12(2)3)13(4)5/h11-14,18,28H,7-9H2,1-6H3,(H2,23,25,26)/t14-,18+,20-,21+/m0/s1. The minimum Gasteiger partial charge on any atom is -0.476 e. The number of fused-ring (bicyclic) bond motifs is 1. The first kappa shape index (κ1) is 22.9. The lowest BCUT2D eigenvalue weighted by molar-refractivity contribution is -0.0496. The van der Waals surface area contributed by atoms with E-state index in [0.717, 1.165) is 0 Å². The largest absolute Gasteiger partial charge is 0.476 e. The molecule has 0 bridgehead atoms. The van der Waals surface area contributed by atoms with E-state index in [-0.39, 0.29) is 23.1 Å². The maximum Gasteiger partial charge on any atom is 0.341 e. The van der Waals surface area contributed by atoms with Gasteiger partial charge < -0.3 is 24.4 Å². The van der Waals surface area contributed by atoms with Crippen LogP contribution in [0.15, 0.2) is 6.33 Å². The van der Waals surface area contributed by atoms with E-state index in [1.807, 2.05) is 41.5 Å². The Labute approximate surface area is 189 Å². The summed E-state index contributed by atoms with van der Waals surface area (Å²) < 4.78 is 20.2. The molecule has 0 unspecified atom stereocenters. The molecule has 1 spiro atoms. The number of nitrogens with zero attached hydrogens (tertiary/aromatic N) is 5. The van der Waals surface area contributed by atoms with E-state index in [4.69, 9.17) is 19.6 Å². The number of hydrogen-bond donors (Lipinski definition) is 2. The summed E-state index contributed by atoms with van der Waals surface area (Å²) >= 11 is 0. The smallest absolute Gasteiger partial charge is 0.341 e. The molecule has 10 nitrogen and oxygen atoms in total. The van der Waals surface area contributed by atoms with Crippen LogP contribution in [0.25, 0.3) is 11.2 Å². The van der Waals surface area contributed by atoms with Crippen molar-refractivity contribution in [3.63, 3.8) is 0 Å². The summed E-state index contributed by atoms with van der Waals surface area (Å²) in [5.41, 5.74) is 5.47. The van der Waals surface area contributed by atoms with E-state index in [0.29, 0.717) is 36.5 Å². The Hall–Kier alpha value is -2.26. The number of rotatable bonds is 7. The van der Waals surface area contributed by atoms with Gasteiger partial charge >= 0.3 is 8.56 Å². The van der Waals surface area contributed by atoms with Crippen molar-refractivity contribution in [2.45, 2.75) is 83.4 Å². The molecule has 4 atom stereocenters. The highest BCUT2D eigenvalue weighted by molar-refractivity contribution is 6.68. The predicted octanol–water partition coefficient (Wildman–Crippen LogP) is 3.04. The zero-order chi connectivity index (χ0) is 23.5. The first-order chi connectivity index (χ1) is 15.0. The van der Waals surface area contributed by atoms with E-state index in [2.05, 4.69) is 21.0 Å². The highest BCUT2D eigenvalue weighted by Crippen LogP contribution is 2.62. The first-order valence-corrected chi connectivity index (χ1v) is 13.1. The van der Waals surface area contributed by atoms with Crippen molar-refractivity contribution in [3.05, 3.63) is 6.33 Å². The molecule has 3 heterocycles. The second kappa shape index (κ2) is 7.66. The van der Waals surface area contributed by atoms with Crippen LogP contribution < -0.4 is 10.5 Å². The van der Waals surface area contributed by atoms with Gasteiger partial charge in [-0.1, -0.05) is 27.7 Å². The molecule has 174 valence electrons. The summed E-state index contributed by atoms with van der Waals surface area (Å²) in [4.78, 5) is 24.1. The van der Waals surface area contributed by atoms with Crippen LogP contribution in [0.2, 0.25) is 11.1 Å². The first-order valence-electron chi connectivity index (χ1n) is 11.1. The molecule has 2 fully saturated rings. The lowest BCUT2D eigenvalue weighted by Crippen LogP contribution is -2.46. The zero-order valence-corrected chi connectivity index (χ0v) is 20.5. The monoisotopic (exact) mass is 460 g/mol. The molecule has 2 aliphatic rings. The lowest BCUT2D eigenvalue weighted by Gasteiger charge is -2.33. The molecule has 11 heteroatoms. The molecular formula is C21H32N6O4Si. The van der Waals surface area contributed by atoms with Gasteiger partial charge in [-0.2, -0.15) is 15.2 Å². The second-order valence-corrected chi connectivity index (χ2v) is 13.8. The number of nitrogens with two attached hydrogens (primary N) is 1. The third-order valence-electron chi connectivity index (χ3n) is 6.70. The predicted molar refractivity (Wildman–Crippen MR) is 120 cm³/mol. The van der Waals surface area contributed by atoms with Gasteiger partial charge in [0.05, 0.1) is 25.1 Å². The fourth-order valence-electron chi connectivity index (χ4n) is 4.76. The molecule has 1 aliphatic carbocycles. The maximum absolute atomic E-state index is 11.2. The summed E-state index contributed by atoms with van der Waals surface area (Å²) in [6, 6.07) is 2.44. The van der Waals surface area contributed by atoms with Crippen molar-refractivity contribution in [2.24, 2.45) is 5.41 Å². The van der Waals surface area contributed by atoms with E-state index in [9.17, 15) is 10.1 Å². The second-order valence-electron chi connectivity index (χ2n) is 9.76. The van der Waals surface area contributed by atoms with Gasteiger partial charge in [0.1, 0.15) is 11.0 Å². The summed E-state index contributed by atoms with van der Waals surface area (Å²) in [5.74, 6) is 0.365. The molecule has 0 amide bonds. The molecule has 1 aliphatic heterocycles. The van der Waals surface area contributed by atoms with Crippen molar-refractivity contribution in [1.29, 1.82) is 5.26 Å². The van der Waals surface area contributed by atoms with Crippen molar-refractivity contribution in [1.82, 2.24) is 19.5 Å². The number of nitriles is 1. The molecule has 1 saturated carbocycles. The number of nitrogen functional groups attached to an aromatic ring is 1. The fourth-order valence-corrected chi connectivity index (χ4v) is 7.39. The molecular weight excluding hydrogens is 428 g/mol. The van der Waals surface area contributed by atoms with E-state index >= 15 is 0 Å². The summed E-state index contributed by atoms with van der Waals surface area (Å²) in [5, 5.41) is 10.1. The van der Waals surface area contributed by atoms with Crippen molar-refractivity contribution >= 4 is 25.7 Å². The average Bonchev–Trinajstić information content (AvgIpc) is 3.05. The summed E-state index contributed by atoms with van der Waals surface area (Å²) in [6.45, 7) is 12.1. The minimum atomic E-state index is -2.95. The van der Waals surface area contributed by atoms with Gasteiger partial charge in [0, 0.05) is 12.8 Å². The van der Waals surface area contributed by atoms with Crippen molar-refractivity contribution < 1.29 is 18.7 Å². The Kier molecular flexibility index (Phi) is 5.48. The zero-order valence-electron chi connectivity index (χ0n) is 19.5. The van der Waals surface area contributed by atoms with Crippen LogP contribution in [-0.4, -0.2) is 51.2 Å². The Morgan fingerprint density at radius 1 is 1.38 bits per heavy atom. The molecule has 0 radical (unpaired) electrons. The number of anilines is 1. The van der Waals surface area contributed by atoms with Gasteiger partial charge in [0.25, 0.3) is 0 Å². The van der Waals surface area contributed by atoms with E-state index in [1.165, 1.54) is 0 Å². The van der Waals surface area contributed by atoms with Gasteiger partial charge in [-0.25, -0.2) is 4.98 Å². The van der Waals surface area contributed by atoms with Crippen molar-refractivity contribution in [2.75, 3.05) is 12.3 Å². The third-order valence-corrected chi connectivity index (χ3v) is 10.7. The average molecular weight is 461 g/mol. The molecule has 4 rings (SSSR count). The molecule has 32 heavy (non-hydrogen) atoms. The van der Waals surface area contributed by atoms with Crippen LogP contribution in [-0.2, 0) is 9.16 Å². The molecule has 0 aromatic carbocycles. The van der Waals surface area contributed by atoms with E-state index < -0.39 is 25.8 Å².